The molecule has 6 heteroatoms. The van der Waals surface area contributed by atoms with E-state index >= 15 is 0 Å². The molecule has 2 aromatic carbocycles. The van der Waals surface area contributed by atoms with Crippen LogP contribution in [0.3, 0.4) is 0 Å². The molecule has 0 unspecified atom stereocenters. The zero-order valence-electron chi connectivity index (χ0n) is 14.5. The summed E-state index contributed by atoms with van der Waals surface area (Å²) in [5.41, 5.74) is 5.61. The van der Waals surface area contributed by atoms with Crippen LogP contribution in [0.25, 0.3) is 32.7 Å². The van der Waals surface area contributed by atoms with Crippen LogP contribution >= 0.6 is 22.9 Å². The van der Waals surface area contributed by atoms with E-state index in [1.54, 1.807) is 11.3 Å². The monoisotopic (exact) mass is 393 g/mol. The lowest BCUT2D eigenvalue weighted by molar-refractivity contribution is -0.111. The van der Waals surface area contributed by atoms with Gasteiger partial charge in [-0.3, -0.25) is 4.79 Å². The van der Waals surface area contributed by atoms with Gasteiger partial charge in [-0.1, -0.05) is 30.3 Å². The molecular formula is C21H16ClN3OS. The van der Waals surface area contributed by atoms with Crippen LogP contribution < -0.4 is 5.32 Å². The summed E-state index contributed by atoms with van der Waals surface area (Å²) in [6.45, 7) is 5.48. The minimum absolute atomic E-state index is 0.246. The maximum Gasteiger partial charge on any atom is 0.247 e. The van der Waals surface area contributed by atoms with Gasteiger partial charge in [0.15, 0.2) is 0 Å². The minimum Gasteiger partial charge on any atom is -0.354 e. The highest BCUT2D eigenvalue weighted by atomic mass is 35.5. The molecule has 2 N–H and O–H groups in total. The summed E-state index contributed by atoms with van der Waals surface area (Å²) in [7, 11) is 0. The SMILES string of the molecule is C=CC(=O)Nc1cc(-c2nc(C)cs2)c2[nH]c(-c3ccc(Cl)cc3)cc2c1. The number of anilines is 1. The molecule has 1 amide bonds. The third-order valence-electron chi connectivity index (χ3n) is 4.19. The number of benzene rings is 2. The quantitative estimate of drug-likeness (QED) is 0.415. The second-order valence-corrected chi connectivity index (χ2v) is 7.46. The van der Waals surface area contributed by atoms with E-state index in [-0.39, 0.29) is 5.91 Å². The normalized spacial score (nSPS) is 10.9. The Kier molecular flexibility index (Phi) is 4.56. The molecule has 2 heterocycles. The summed E-state index contributed by atoms with van der Waals surface area (Å²) in [5.74, 6) is -0.246. The third-order valence-corrected chi connectivity index (χ3v) is 5.43. The summed E-state index contributed by atoms with van der Waals surface area (Å²) < 4.78 is 0. The first-order valence-electron chi connectivity index (χ1n) is 8.32. The van der Waals surface area contributed by atoms with Crippen molar-refractivity contribution in [2.75, 3.05) is 5.32 Å². The van der Waals surface area contributed by atoms with Crippen LogP contribution in [0.4, 0.5) is 5.69 Å². The Morgan fingerprint density at radius 1 is 1.26 bits per heavy atom. The van der Waals surface area contributed by atoms with Gasteiger partial charge in [0, 0.05) is 38.4 Å². The number of aromatic nitrogens is 2. The first-order valence-corrected chi connectivity index (χ1v) is 9.58. The van der Waals surface area contributed by atoms with E-state index in [0.717, 1.165) is 38.4 Å². The van der Waals surface area contributed by atoms with Crippen LogP contribution in [0.2, 0.25) is 5.02 Å². The largest absolute Gasteiger partial charge is 0.354 e. The third kappa shape index (κ3) is 3.52. The fraction of sp³-hybridized carbons (Fsp3) is 0.0476. The fourth-order valence-electron chi connectivity index (χ4n) is 2.94. The lowest BCUT2D eigenvalue weighted by Crippen LogP contribution is -2.07. The van der Waals surface area contributed by atoms with Crippen LogP contribution in [-0.2, 0) is 4.79 Å². The molecule has 4 rings (SSSR count). The van der Waals surface area contributed by atoms with Gasteiger partial charge in [0.05, 0.1) is 5.52 Å². The Morgan fingerprint density at radius 3 is 2.70 bits per heavy atom. The van der Waals surface area contributed by atoms with Crippen molar-refractivity contribution in [3.05, 3.63) is 71.2 Å². The highest BCUT2D eigenvalue weighted by Gasteiger charge is 2.14. The summed E-state index contributed by atoms with van der Waals surface area (Å²) in [6, 6.07) is 13.6. The smallest absolute Gasteiger partial charge is 0.247 e. The molecule has 0 saturated heterocycles. The minimum atomic E-state index is -0.246. The molecular weight excluding hydrogens is 378 g/mol. The number of amides is 1. The maximum atomic E-state index is 11.8. The van der Waals surface area contributed by atoms with Crippen molar-refractivity contribution < 1.29 is 4.79 Å². The van der Waals surface area contributed by atoms with Crippen molar-refractivity contribution >= 4 is 45.4 Å². The number of H-pyrrole nitrogens is 1. The van der Waals surface area contributed by atoms with E-state index in [0.29, 0.717) is 10.7 Å². The zero-order chi connectivity index (χ0) is 19.0. The number of thiazole rings is 1. The van der Waals surface area contributed by atoms with Gasteiger partial charge in [-0.05, 0) is 48.9 Å². The van der Waals surface area contributed by atoms with Gasteiger partial charge in [-0.25, -0.2) is 4.98 Å². The van der Waals surface area contributed by atoms with Crippen molar-refractivity contribution in [1.29, 1.82) is 0 Å². The average Bonchev–Trinajstić information content (AvgIpc) is 3.27. The number of aromatic amines is 1. The van der Waals surface area contributed by atoms with Crippen molar-refractivity contribution in [2.45, 2.75) is 6.92 Å². The Balaban J connectivity index is 1.90. The summed E-state index contributed by atoms with van der Waals surface area (Å²) in [4.78, 5) is 19.9. The summed E-state index contributed by atoms with van der Waals surface area (Å²) in [5, 5.41) is 7.45. The van der Waals surface area contributed by atoms with E-state index in [1.807, 2.05) is 48.7 Å². The van der Waals surface area contributed by atoms with Gasteiger partial charge < -0.3 is 10.3 Å². The second-order valence-electron chi connectivity index (χ2n) is 6.17. The van der Waals surface area contributed by atoms with Gasteiger partial charge in [0.25, 0.3) is 0 Å². The molecule has 0 aliphatic rings. The predicted molar refractivity (Wildman–Crippen MR) is 113 cm³/mol. The van der Waals surface area contributed by atoms with E-state index < -0.39 is 0 Å². The number of carbonyl (C=O) groups is 1. The van der Waals surface area contributed by atoms with E-state index in [9.17, 15) is 4.79 Å². The Morgan fingerprint density at radius 2 is 2.04 bits per heavy atom. The summed E-state index contributed by atoms with van der Waals surface area (Å²) >= 11 is 7.58. The van der Waals surface area contributed by atoms with Crippen LogP contribution in [0.15, 0.2) is 60.5 Å². The lowest BCUT2D eigenvalue weighted by atomic mass is 10.1. The van der Waals surface area contributed by atoms with Gasteiger partial charge in [0.1, 0.15) is 5.01 Å². The first-order chi connectivity index (χ1) is 13.0. The highest BCUT2D eigenvalue weighted by molar-refractivity contribution is 7.13. The number of aryl methyl sites for hydroxylation is 1. The first kappa shape index (κ1) is 17.5. The standard InChI is InChI=1S/C21H16ClN3OS/c1-3-19(26)24-16-8-14-9-18(13-4-6-15(22)7-5-13)25-20(14)17(10-16)21-23-12(2)11-27-21/h3-11,25H,1H2,2H3,(H,24,26). The van der Waals surface area contributed by atoms with Gasteiger partial charge in [-0.2, -0.15) is 0 Å². The number of halogens is 1. The Hall–Kier alpha value is -2.89. The van der Waals surface area contributed by atoms with Crippen molar-refractivity contribution in [3.63, 3.8) is 0 Å². The molecule has 0 aliphatic carbocycles. The molecule has 2 aromatic heterocycles. The van der Waals surface area contributed by atoms with Crippen LogP contribution in [0.1, 0.15) is 5.69 Å². The molecule has 0 atom stereocenters. The lowest BCUT2D eigenvalue weighted by Gasteiger charge is -2.06. The number of fused-ring (bicyclic) bond motifs is 1. The zero-order valence-corrected chi connectivity index (χ0v) is 16.1. The number of nitrogens with one attached hydrogen (secondary N) is 2. The molecule has 27 heavy (non-hydrogen) atoms. The number of rotatable bonds is 4. The van der Waals surface area contributed by atoms with Crippen LogP contribution in [-0.4, -0.2) is 15.9 Å². The van der Waals surface area contributed by atoms with E-state index in [2.05, 4.69) is 27.9 Å². The molecule has 0 aliphatic heterocycles. The molecule has 4 aromatic rings. The Bertz CT molecular complexity index is 1160. The van der Waals surface area contributed by atoms with E-state index in [4.69, 9.17) is 11.6 Å². The summed E-state index contributed by atoms with van der Waals surface area (Å²) in [6.07, 6.45) is 1.26. The Labute approximate surface area is 165 Å². The van der Waals surface area contributed by atoms with Gasteiger partial charge in [-0.15, -0.1) is 11.3 Å². The molecule has 134 valence electrons. The van der Waals surface area contributed by atoms with Crippen LogP contribution in [0.5, 0.6) is 0 Å². The fourth-order valence-corrected chi connectivity index (χ4v) is 3.89. The van der Waals surface area contributed by atoms with E-state index in [1.165, 1.54) is 6.08 Å². The predicted octanol–water partition coefficient (Wildman–Crippen LogP) is 6.04. The van der Waals surface area contributed by atoms with Crippen molar-refractivity contribution in [2.24, 2.45) is 0 Å². The number of nitrogens with zero attached hydrogens (tertiary/aromatic N) is 1. The maximum absolute atomic E-state index is 11.8. The molecule has 0 spiro atoms. The molecule has 0 fully saturated rings. The molecule has 0 bridgehead atoms. The number of hydrogen-bond acceptors (Lipinski definition) is 3. The highest BCUT2D eigenvalue weighted by Crippen LogP contribution is 2.36. The number of hydrogen-bond donors (Lipinski definition) is 2. The number of carbonyl (C=O) groups excluding carboxylic acids is 1. The second kappa shape index (κ2) is 7.02. The van der Waals surface area contributed by atoms with Crippen LogP contribution in [0, 0.1) is 6.92 Å². The topological polar surface area (TPSA) is 57.8 Å². The average molecular weight is 394 g/mol. The molecule has 0 saturated carbocycles. The molecule has 4 nitrogen and oxygen atoms in total. The van der Waals surface area contributed by atoms with Gasteiger partial charge in [0.2, 0.25) is 5.91 Å². The molecule has 0 radical (unpaired) electrons. The van der Waals surface area contributed by atoms with Gasteiger partial charge >= 0.3 is 0 Å². The van der Waals surface area contributed by atoms with Crippen molar-refractivity contribution in [3.8, 4) is 21.8 Å². The van der Waals surface area contributed by atoms with Crippen molar-refractivity contribution in [1.82, 2.24) is 9.97 Å².